The topological polar surface area (TPSA) is 39.3 Å². The summed E-state index contributed by atoms with van der Waals surface area (Å²) in [5.74, 6) is 0. The third-order valence-corrected chi connectivity index (χ3v) is 3.31. The summed E-state index contributed by atoms with van der Waals surface area (Å²) in [5, 5.41) is 11.4. The normalized spacial score (nSPS) is 13.4. The average Bonchev–Trinajstić information content (AvgIpc) is 2.79. The molecule has 0 radical (unpaired) electrons. The van der Waals surface area contributed by atoms with Crippen molar-refractivity contribution < 1.29 is 5.11 Å². The lowest BCUT2D eigenvalue weighted by atomic mass is 10.1. The van der Waals surface area contributed by atoms with Gasteiger partial charge in [0.2, 0.25) is 0 Å². The molecule has 92 valence electrons. The maximum absolute atomic E-state index is 10.3. The quantitative estimate of drug-likeness (QED) is 0.831. The Morgan fingerprint density at radius 3 is 2.65 bits per heavy atom. The average molecular weight is 232 g/mol. The van der Waals surface area contributed by atoms with Gasteiger partial charge in [-0.05, 0) is 19.2 Å². The van der Waals surface area contributed by atoms with E-state index in [1.54, 1.807) is 0 Å². The molecule has 1 aromatic heterocycles. The predicted octanol–water partition coefficient (Wildman–Crippen LogP) is 2.54. The molecular formula is C14H20N2O. The zero-order valence-electron chi connectivity index (χ0n) is 10.5. The van der Waals surface area contributed by atoms with Crippen molar-refractivity contribution in [1.29, 1.82) is 0 Å². The highest BCUT2D eigenvalue weighted by molar-refractivity contribution is 5.83. The Bertz CT molecular complexity index is 474. The number of para-hydroxylation sites is 1. The molecule has 1 heterocycles. The molecule has 0 saturated carbocycles. The van der Waals surface area contributed by atoms with Crippen molar-refractivity contribution in [2.75, 3.05) is 19.6 Å². The molecule has 2 rings (SSSR count). The number of aromatic amines is 1. The summed E-state index contributed by atoms with van der Waals surface area (Å²) in [5.41, 5.74) is 2.08. The number of likely N-dealkylation sites (N-methyl/N-ethyl adjacent to an activating group) is 1. The van der Waals surface area contributed by atoms with Crippen LogP contribution < -0.4 is 0 Å². The van der Waals surface area contributed by atoms with Crippen LogP contribution in [0.5, 0.6) is 0 Å². The number of aromatic nitrogens is 1. The molecule has 17 heavy (non-hydrogen) atoms. The SMILES string of the molecule is CCN(CC)CC(O)c1c[nH]c2ccccc12. The number of fused-ring (bicyclic) bond motifs is 1. The van der Waals surface area contributed by atoms with Crippen LogP contribution in [0.2, 0.25) is 0 Å². The van der Waals surface area contributed by atoms with Crippen molar-refractivity contribution in [1.82, 2.24) is 9.88 Å². The van der Waals surface area contributed by atoms with Crippen molar-refractivity contribution in [3.8, 4) is 0 Å². The predicted molar refractivity (Wildman–Crippen MR) is 71.0 cm³/mol. The van der Waals surface area contributed by atoms with Crippen LogP contribution in [0.25, 0.3) is 10.9 Å². The first-order valence-electron chi connectivity index (χ1n) is 6.22. The Balaban J connectivity index is 2.21. The van der Waals surface area contributed by atoms with E-state index in [1.807, 2.05) is 30.5 Å². The number of nitrogens with zero attached hydrogens (tertiary/aromatic N) is 1. The number of hydrogen-bond acceptors (Lipinski definition) is 2. The Morgan fingerprint density at radius 1 is 1.24 bits per heavy atom. The summed E-state index contributed by atoms with van der Waals surface area (Å²) in [6, 6.07) is 8.08. The van der Waals surface area contributed by atoms with E-state index in [2.05, 4.69) is 23.7 Å². The fourth-order valence-electron chi connectivity index (χ4n) is 2.19. The van der Waals surface area contributed by atoms with E-state index in [0.717, 1.165) is 29.6 Å². The van der Waals surface area contributed by atoms with Gasteiger partial charge < -0.3 is 15.0 Å². The molecule has 0 aliphatic carbocycles. The zero-order valence-corrected chi connectivity index (χ0v) is 10.5. The molecule has 1 unspecified atom stereocenters. The van der Waals surface area contributed by atoms with Gasteiger partial charge in [0.05, 0.1) is 6.10 Å². The minimum absolute atomic E-state index is 0.425. The van der Waals surface area contributed by atoms with Crippen LogP contribution in [0.1, 0.15) is 25.5 Å². The van der Waals surface area contributed by atoms with Gasteiger partial charge in [-0.25, -0.2) is 0 Å². The van der Waals surface area contributed by atoms with Gasteiger partial charge in [-0.3, -0.25) is 0 Å². The third kappa shape index (κ3) is 2.51. The molecule has 0 bridgehead atoms. The number of hydrogen-bond donors (Lipinski definition) is 2. The van der Waals surface area contributed by atoms with E-state index in [4.69, 9.17) is 0 Å². The van der Waals surface area contributed by atoms with E-state index >= 15 is 0 Å². The second-order valence-electron chi connectivity index (χ2n) is 4.29. The van der Waals surface area contributed by atoms with Crippen molar-refractivity contribution >= 4 is 10.9 Å². The summed E-state index contributed by atoms with van der Waals surface area (Å²) >= 11 is 0. The van der Waals surface area contributed by atoms with Crippen LogP contribution in [0.15, 0.2) is 30.5 Å². The highest BCUT2D eigenvalue weighted by Gasteiger charge is 2.14. The summed E-state index contributed by atoms with van der Waals surface area (Å²) in [7, 11) is 0. The lowest BCUT2D eigenvalue weighted by Crippen LogP contribution is -2.28. The number of rotatable bonds is 5. The number of nitrogens with one attached hydrogen (secondary N) is 1. The first kappa shape index (κ1) is 12.1. The van der Waals surface area contributed by atoms with Gasteiger partial charge in [0, 0.05) is 29.2 Å². The number of H-pyrrole nitrogens is 1. The van der Waals surface area contributed by atoms with Crippen LogP contribution in [-0.2, 0) is 0 Å². The number of aliphatic hydroxyl groups excluding tert-OH is 1. The molecule has 3 nitrogen and oxygen atoms in total. The highest BCUT2D eigenvalue weighted by atomic mass is 16.3. The fraction of sp³-hybridized carbons (Fsp3) is 0.429. The van der Waals surface area contributed by atoms with Crippen molar-refractivity contribution in [3.63, 3.8) is 0 Å². The van der Waals surface area contributed by atoms with Crippen LogP contribution in [0.3, 0.4) is 0 Å². The summed E-state index contributed by atoms with van der Waals surface area (Å²) < 4.78 is 0. The number of aliphatic hydroxyl groups is 1. The Labute approximate surface area is 102 Å². The second kappa shape index (κ2) is 5.34. The molecule has 2 aromatic rings. The van der Waals surface area contributed by atoms with Crippen molar-refractivity contribution in [2.45, 2.75) is 20.0 Å². The van der Waals surface area contributed by atoms with E-state index < -0.39 is 6.10 Å². The minimum Gasteiger partial charge on any atom is -0.387 e. The molecular weight excluding hydrogens is 212 g/mol. The van der Waals surface area contributed by atoms with Gasteiger partial charge in [0.25, 0.3) is 0 Å². The van der Waals surface area contributed by atoms with Gasteiger partial charge in [-0.2, -0.15) is 0 Å². The fourth-order valence-corrected chi connectivity index (χ4v) is 2.19. The van der Waals surface area contributed by atoms with Crippen molar-refractivity contribution in [3.05, 3.63) is 36.0 Å². The second-order valence-corrected chi connectivity index (χ2v) is 4.29. The number of benzene rings is 1. The Hall–Kier alpha value is -1.32. The summed E-state index contributed by atoms with van der Waals surface area (Å²) in [4.78, 5) is 5.43. The standard InChI is InChI=1S/C14H20N2O/c1-3-16(4-2)10-14(17)12-9-15-13-8-6-5-7-11(12)13/h5-9,14-15,17H,3-4,10H2,1-2H3. The van der Waals surface area contributed by atoms with Gasteiger partial charge >= 0.3 is 0 Å². The molecule has 0 aliphatic rings. The van der Waals surface area contributed by atoms with E-state index in [9.17, 15) is 5.11 Å². The molecule has 0 amide bonds. The monoisotopic (exact) mass is 232 g/mol. The summed E-state index contributed by atoms with van der Waals surface area (Å²) in [6.45, 7) is 6.86. The van der Waals surface area contributed by atoms with Gasteiger partial charge in [0.15, 0.2) is 0 Å². The summed E-state index contributed by atoms with van der Waals surface area (Å²) in [6.07, 6.45) is 1.49. The molecule has 1 atom stereocenters. The molecule has 1 aromatic carbocycles. The smallest absolute Gasteiger partial charge is 0.0937 e. The van der Waals surface area contributed by atoms with Crippen LogP contribution >= 0.6 is 0 Å². The van der Waals surface area contributed by atoms with Crippen LogP contribution in [0, 0.1) is 0 Å². The highest BCUT2D eigenvalue weighted by Crippen LogP contribution is 2.24. The molecule has 0 spiro atoms. The molecule has 3 heteroatoms. The van der Waals surface area contributed by atoms with Gasteiger partial charge in [0.1, 0.15) is 0 Å². The van der Waals surface area contributed by atoms with Crippen LogP contribution in [-0.4, -0.2) is 34.6 Å². The maximum Gasteiger partial charge on any atom is 0.0937 e. The van der Waals surface area contributed by atoms with Gasteiger partial charge in [-0.1, -0.05) is 32.0 Å². The maximum atomic E-state index is 10.3. The Kier molecular flexibility index (Phi) is 3.82. The minimum atomic E-state index is -0.425. The first-order chi connectivity index (χ1) is 8.26. The van der Waals surface area contributed by atoms with Crippen molar-refractivity contribution in [2.24, 2.45) is 0 Å². The molecule has 0 aliphatic heterocycles. The van der Waals surface area contributed by atoms with E-state index in [1.165, 1.54) is 0 Å². The molecule has 0 saturated heterocycles. The lowest BCUT2D eigenvalue weighted by molar-refractivity contribution is 0.120. The van der Waals surface area contributed by atoms with Crippen LogP contribution in [0.4, 0.5) is 0 Å². The lowest BCUT2D eigenvalue weighted by Gasteiger charge is -2.21. The Morgan fingerprint density at radius 2 is 1.94 bits per heavy atom. The third-order valence-electron chi connectivity index (χ3n) is 3.31. The van der Waals surface area contributed by atoms with E-state index in [-0.39, 0.29) is 0 Å². The molecule has 0 fully saturated rings. The zero-order chi connectivity index (χ0) is 12.3. The van der Waals surface area contributed by atoms with E-state index in [0.29, 0.717) is 6.54 Å². The first-order valence-corrected chi connectivity index (χ1v) is 6.22. The van der Waals surface area contributed by atoms with Gasteiger partial charge in [-0.15, -0.1) is 0 Å². The molecule has 2 N–H and O–H groups in total. The largest absolute Gasteiger partial charge is 0.387 e.